The minimum atomic E-state index is -0.210. The van der Waals surface area contributed by atoms with Gasteiger partial charge in [-0.25, -0.2) is 15.0 Å². The van der Waals surface area contributed by atoms with Gasteiger partial charge in [0.05, 0.1) is 18.8 Å². The summed E-state index contributed by atoms with van der Waals surface area (Å²) < 4.78 is 17.6. The number of nitrogen functional groups attached to an aromatic ring is 1. The first-order valence-corrected chi connectivity index (χ1v) is 8.37. The summed E-state index contributed by atoms with van der Waals surface area (Å²) in [6, 6.07) is 0. The molecule has 4 heterocycles. The molecule has 1 spiro atoms. The number of hydrogen-bond donors (Lipinski definition) is 1. The van der Waals surface area contributed by atoms with Gasteiger partial charge in [-0.05, 0) is 12.8 Å². The van der Waals surface area contributed by atoms with E-state index in [2.05, 4.69) is 19.9 Å². The number of anilines is 2. The van der Waals surface area contributed by atoms with E-state index in [1.165, 1.54) is 0 Å². The smallest absolute Gasteiger partial charge is 0.263 e. The number of nitrogens with two attached hydrogens (primary N) is 1. The fraction of sp³-hybridized carbons (Fsp3) is 0.500. The quantitative estimate of drug-likeness (QED) is 0.841. The van der Waals surface area contributed by atoms with Crippen LogP contribution in [0.2, 0.25) is 0 Å². The highest BCUT2D eigenvalue weighted by molar-refractivity contribution is 5.65. The van der Waals surface area contributed by atoms with Gasteiger partial charge in [-0.15, -0.1) is 0 Å². The molecule has 0 amide bonds. The van der Waals surface area contributed by atoms with Gasteiger partial charge in [0.2, 0.25) is 11.7 Å². The Labute approximate surface area is 144 Å². The van der Waals surface area contributed by atoms with E-state index in [9.17, 15) is 0 Å². The van der Waals surface area contributed by atoms with Crippen molar-refractivity contribution in [2.75, 3.05) is 43.5 Å². The topological polar surface area (TPSA) is 109 Å². The van der Waals surface area contributed by atoms with Gasteiger partial charge in [-0.1, -0.05) is 0 Å². The highest BCUT2D eigenvalue weighted by Gasteiger charge is 2.50. The summed E-state index contributed by atoms with van der Waals surface area (Å²) in [7, 11) is 0. The molecular weight excluding hydrogens is 324 g/mol. The van der Waals surface area contributed by atoms with Gasteiger partial charge >= 0.3 is 0 Å². The number of rotatable bonds is 2. The number of ether oxygens (including phenoxy) is 3. The van der Waals surface area contributed by atoms with Crippen LogP contribution in [-0.4, -0.2) is 58.4 Å². The van der Waals surface area contributed by atoms with Crippen LogP contribution >= 0.6 is 0 Å². The van der Waals surface area contributed by atoms with Gasteiger partial charge < -0.3 is 24.8 Å². The number of aromatic nitrogens is 4. The summed E-state index contributed by atoms with van der Waals surface area (Å²) in [5.41, 5.74) is 6.05. The fourth-order valence-electron chi connectivity index (χ4n) is 3.01. The van der Waals surface area contributed by atoms with Crippen LogP contribution in [0.5, 0.6) is 11.6 Å². The minimum Gasteiger partial charge on any atom is -0.481 e. The Bertz CT molecular complexity index is 802. The van der Waals surface area contributed by atoms with Gasteiger partial charge in [0, 0.05) is 25.5 Å². The first kappa shape index (κ1) is 14.6. The average Bonchev–Trinajstić information content (AvgIpc) is 3.40. The number of hydrogen-bond acceptors (Lipinski definition) is 9. The van der Waals surface area contributed by atoms with Crippen molar-refractivity contribution in [1.29, 1.82) is 0 Å². The molecule has 25 heavy (non-hydrogen) atoms. The maximum absolute atomic E-state index is 6.15. The van der Waals surface area contributed by atoms with Crippen molar-refractivity contribution in [2.45, 2.75) is 18.4 Å². The molecule has 1 saturated carbocycles. The molecule has 0 radical (unpaired) electrons. The molecule has 2 aliphatic heterocycles. The lowest BCUT2D eigenvalue weighted by molar-refractivity contribution is 0.0651. The molecule has 0 aromatic carbocycles. The predicted octanol–water partition coefficient (Wildman–Crippen LogP) is 0.656. The third-order valence-corrected chi connectivity index (χ3v) is 4.66. The first-order valence-electron chi connectivity index (χ1n) is 8.37. The van der Waals surface area contributed by atoms with E-state index < -0.39 is 0 Å². The zero-order valence-electron chi connectivity index (χ0n) is 13.6. The summed E-state index contributed by atoms with van der Waals surface area (Å²) >= 11 is 0. The molecule has 0 unspecified atom stereocenters. The Hall–Kier alpha value is -2.68. The second kappa shape index (κ2) is 5.41. The van der Waals surface area contributed by atoms with Gasteiger partial charge in [-0.2, -0.15) is 4.98 Å². The maximum Gasteiger partial charge on any atom is 0.263 e. The summed E-state index contributed by atoms with van der Waals surface area (Å²) in [6.45, 7) is 3.35. The van der Waals surface area contributed by atoms with E-state index in [0.29, 0.717) is 42.8 Å². The Balaban J connectivity index is 1.60. The molecule has 9 nitrogen and oxygen atoms in total. The van der Waals surface area contributed by atoms with Crippen LogP contribution in [0.3, 0.4) is 0 Å². The van der Waals surface area contributed by atoms with E-state index in [0.717, 1.165) is 31.7 Å². The molecule has 0 bridgehead atoms. The standard InChI is InChI=1S/C16H18N6O3/c17-15-18-7-10(8-19-15)12-20-13(22-3-5-23-6-4-22)11-14(21-12)25-16(1-2-16)9-24-11/h7-8H,1-6,9H2,(H2,17,18,19). The third-order valence-electron chi connectivity index (χ3n) is 4.66. The van der Waals surface area contributed by atoms with Crippen molar-refractivity contribution in [2.24, 2.45) is 0 Å². The largest absolute Gasteiger partial charge is 0.481 e. The molecule has 9 heteroatoms. The lowest BCUT2D eigenvalue weighted by Gasteiger charge is -2.32. The Morgan fingerprint density at radius 1 is 1.08 bits per heavy atom. The highest BCUT2D eigenvalue weighted by Crippen LogP contribution is 2.49. The van der Waals surface area contributed by atoms with Crippen LogP contribution in [-0.2, 0) is 4.74 Å². The van der Waals surface area contributed by atoms with Crippen LogP contribution in [0.15, 0.2) is 12.4 Å². The Morgan fingerprint density at radius 2 is 1.84 bits per heavy atom. The Morgan fingerprint density at radius 3 is 2.56 bits per heavy atom. The summed E-state index contributed by atoms with van der Waals surface area (Å²) in [6.07, 6.45) is 5.21. The first-order chi connectivity index (χ1) is 12.2. The monoisotopic (exact) mass is 342 g/mol. The van der Waals surface area contributed by atoms with E-state index in [1.807, 2.05) is 0 Å². The molecule has 5 rings (SSSR count). The van der Waals surface area contributed by atoms with Gasteiger partial charge in [-0.3, -0.25) is 0 Å². The normalized spacial score (nSPS) is 20.6. The maximum atomic E-state index is 6.15. The summed E-state index contributed by atoms with van der Waals surface area (Å²) in [5, 5.41) is 0. The fourth-order valence-corrected chi connectivity index (χ4v) is 3.01. The molecule has 2 N–H and O–H groups in total. The van der Waals surface area contributed by atoms with Gasteiger partial charge in [0.1, 0.15) is 12.2 Å². The van der Waals surface area contributed by atoms with Crippen molar-refractivity contribution >= 4 is 11.8 Å². The lowest BCUT2D eigenvalue weighted by Crippen LogP contribution is -2.39. The minimum absolute atomic E-state index is 0.210. The van der Waals surface area contributed by atoms with Crippen LogP contribution in [0, 0.1) is 0 Å². The Kier molecular flexibility index (Phi) is 3.17. The van der Waals surface area contributed by atoms with E-state index >= 15 is 0 Å². The second-order valence-corrected chi connectivity index (χ2v) is 6.51. The van der Waals surface area contributed by atoms with Crippen LogP contribution in [0.1, 0.15) is 12.8 Å². The molecule has 1 saturated heterocycles. The van der Waals surface area contributed by atoms with Crippen LogP contribution < -0.4 is 20.1 Å². The van der Waals surface area contributed by atoms with Crippen molar-refractivity contribution < 1.29 is 14.2 Å². The molecule has 2 fully saturated rings. The molecule has 1 aliphatic carbocycles. The zero-order chi connectivity index (χ0) is 16.9. The zero-order valence-corrected chi connectivity index (χ0v) is 13.6. The summed E-state index contributed by atoms with van der Waals surface area (Å²) in [5.74, 6) is 2.55. The van der Waals surface area contributed by atoms with Crippen molar-refractivity contribution in [3.05, 3.63) is 12.4 Å². The van der Waals surface area contributed by atoms with Crippen LogP contribution in [0.4, 0.5) is 11.8 Å². The number of nitrogens with zero attached hydrogens (tertiary/aromatic N) is 5. The van der Waals surface area contributed by atoms with E-state index in [-0.39, 0.29) is 11.5 Å². The number of fused-ring (bicyclic) bond motifs is 1. The molecule has 0 atom stereocenters. The van der Waals surface area contributed by atoms with Crippen LogP contribution in [0.25, 0.3) is 11.4 Å². The van der Waals surface area contributed by atoms with Gasteiger partial charge in [0.25, 0.3) is 5.88 Å². The van der Waals surface area contributed by atoms with E-state index in [4.69, 9.17) is 24.9 Å². The van der Waals surface area contributed by atoms with Gasteiger partial charge in [0.15, 0.2) is 11.6 Å². The predicted molar refractivity (Wildman–Crippen MR) is 88.6 cm³/mol. The third kappa shape index (κ3) is 2.60. The SMILES string of the molecule is Nc1ncc(-c2nc3c(c(N4CCOCC4)n2)OCC2(CC2)O3)cn1. The second-order valence-electron chi connectivity index (χ2n) is 6.51. The van der Waals surface area contributed by atoms with Crippen molar-refractivity contribution in [1.82, 2.24) is 19.9 Å². The molecule has 3 aliphatic rings. The van der Waals surface area contributed by atoms with Crippen molar-refractivity contribution in [3.8, 4) is 23.0 Å². The molecule has 2 aromatic rings. The average molecular weight is 342 g/mol. The molecular formula is C16H18N6O3. The number of morpholine rings is 1. The molecule has 130 valence electrons. The highest BCUT2D eigenvalue weighted by atomic mass is 16.6. The van der Waals surface area contributed by atoms with Crippen molar-refractivity contribution in [3.63, 3.8) is 0 Å². The van der Waals surface area contributed by atoms with E-state index in [1.54, 1.807) is 12.4 Å². The lowest BCUT2D eigenvalue weighted by atomic mass is 10.2. The molecule has 2 aromatic heterocycles. The summed E-state index contributed by atoms with van der Waals surface area (Å²) in [4.78, 5) is 19.5.